The lowest BCUT2D eigenvalue weighted by Gasteiger charge is -2.26. The summed E-state index contributed by atoms with van der Waals surface area (Å²) in [5.41, 5.74) is 0. The van der Waals surface area contributed by atoms with Gasteiger partial charge in [0.2, 0.25) is 0 Å². The second kappa shape index (κ2) is 10.1. The molecule has 26 heavy (non-hydrogen) atoms. The van der Waals surface area contributed by atoms with Gasteiger partial charge in [0.25, 0.3) is 0 Å². The van der Waals surface area contributed by atoms with Crippen LogP contribution in [0.3, 0.4) is 0 Å². The molecule has 8 heteroatoms. The SMILES string of the molecule is C#CC1CCC(OC(F)(F)F)CC1.C#CC1CCC(OC(F)(F)F)CC1. The highest BCUT2D eigenvalue weighted by Crippen LogP contribution is 2.31. The molecule has 2 fully saturated rings. The van der Waals surface area contributed by atoms with Gasteiger partial charge in [-0.15, -0.1) is 51.0 Å². The third-order valence-electron chi connectivity index (χ3n) is 4.42. The van der Waals surface area contributed by atoms with Gasteiger partial charge in [-0.2, -0.15) is 0 Å². The standard InChI is InChI=1S/2C9H11F3O/c2*1-2-7-3-5-8(6-4-7)13-9(10,11)12/h2*1,7-8H,3-6H2. The first-order valence-electron chi connectivity index (χ1n) is 8.43. The van der Waals surface area contributed by atoms with Crippen molar-refractivity contribution >= 4 is 0 Å². The summed E-state index contributed by atoms with van der Waals surface area (Å²) >= 11 is 0. The summed E-state index contributed by atoms with van der Waals surface area (Å²) < 4.78 is 78.3. The third-order valence-corrected chi connectivity index (χ3v) is 4.42. The fraction of sp³-hybridized carbons (Fsp3) is 0.778. The van der Waals surface area contributed by atoms with Crippen molar-refractivity contribution in [2.75, 3.05) is 0 Å². The molecular formula is C18H22F6O2. The van der Waals surface area contributed by atoms with Crippen molar-refractivity contribution in [3.63, 3.8) is 0 Å². The molecule has 0 aliphatic heterocycles. The number of hydrogen-bond donors (Lipinski definition) is 0. The first-order valence-corrected chi connectivity index (χ1v) is 8.43. The minimum atomic E-state index is -4.51. The van der Waals surface area contributed by atoms with E-state index in [1.165, 1.54) is 0 Å². The van der Waals surface area contributed by atoms with Crippen molar-refractivity contribution in [1.29, 1.82) is 0 Å². The fourth-order valence-electron chi connectivity index (χ4n) is 3.07. The monoisotopic (exact) mass is 384 g/mol. The lowest BCUT2D eigenvalue weighted by Crippen LogP contribution is -2.27. The molecule has 0 aromatic carbocycles. The molecular weight excluding hydrogens is 362 g/mol. The van der Waals surface area contributed by atoms with Crippen LogP contribution in [0.2, 0.25) is 0 Å². The van der Waals surface area contributed by atoms with Crippen LogP contribution in [0.15, 0.2) is 0 Å². The van der Waals surface area contributed by atoms with Crippen LogP contribution >= 0.6 is 0 Å². The highest BCUT2D eigenvalue weighted by molar-refractivity contribution is 4.96. The molecule has 0 heterocycles. The molecule has 0 amide bonds. The largest absolute Gasteiger partial charge is 0.522 e. The van der Waals surface area contributed by atoms with E-state index in [-0.39, 0.29) is 11.8 Å². The number of rotatable bonds is 2. The Bertz CT molecular complexity index is 438. The van der Waals surface area contributed by atoms with E-state index < -0.39 is 24.9 Å². The molecule has 0 spiro atoms. The minimum absolute atomic E-state index is 0.132. The first-order chi connectivity index (χ1) is 12.0. The normalized spacial score (nSPS) is 29.7. The second-order valence-corrected chi connectivity index (χ2v) is 6.41. The van der Waals surface area contributed by atoms with Crippen LogP contribution in [-0.4, -0.2) is 24.9 Å². The molecule has 0 aromatic rings. The van der Waals surface area contributed by atoms with Crippen LogP contribution in [0.5, 0.6) is 0 Å². The fourth-order valence-corrected chi connectivity index (χ4v) is 3.07. The number of alkyl halides is 6. The van der Waals surface area contributed by atoms with E-state index in [1.54, 1.807) is 0 Å². The van der Waals surface area contributed by atoms with Gasteiger partial charge in [0, 0.05) is 11.8 Å². The highest BCUT2D eigenvalue weighted by atomic mass is 19.4. The predicted molar refractivity (Wildman–Crippen MR) is 83.4 cm³/mol. The Balaban J connectivity index is 0.000000260. The lowest BCUT2D eigenvalue weighted by atomic mass is 9.88. The van der Waals surface area contributed by atoms with E-state index in [1.807, 2.05) is 0 Å². The number of hydrogen-bond acceptors (Lipinski definition) is 2. The average molecular weight is 384 g/mol. The van der Waals surface area contributed by atoms with Crippen molar-refractivity contribution in [3.8, 4) is 24.7 Å². The zero-order chi connectivity index (χ0) is 19.8. The zero-order valence-corrected chi connectivity index (χ0v) is 14.2. The molecule has 0 unspecified atom stereocenters. The summed E-state index contributed by atoms with van der Waals surface area (Å²) in [5.74, 6) is 5.37. The molecule has 2 rings (SSSR count). The number of halogens is 6. The summed E-state index contributed by atoms with van der Waals surface area (Å²) in [6.07, 6.45) is 4.12. The third kappa shape index (κ3) is 9.94. The van der Waals surface area contributed by atoms with Gasteiger partial charge >= 0.3 is 12.7 Å². The van der Waals surface area contributed by atoms with Gasteiger partial charge < -0.3 is 0 Å². The Morgan fingerprint density at radius 1 is 0.577 bits per heavy atom. The Hall–Kier alpha value is -1.38. The highest BCUT2D eigenvalue weighted by Gasteiger charge is 2.35. The molecule has 148 valence electrons. The van der Waals surface area contributed by atoms with Crippen LogP contribution in [-0.2, 0) is 9.47 Å². The average Bonchev–Trinajstić information content (AvgIpc) is 2.54. The van der Waals surface area contributed by atoms with Crippen molar-refractivity contribution in [2.45, 2.75) is 76.3 Å². The summed E-state index contributed by atoms with van der Waals surface area (Å²) in [7, 11) is 0. The Morgan fingerprint density at radius 3 is 1.04 bits per heavy atom. The van der Waals surface area contributed by atoms with Gasteiger partial charge in [-0.05, 0) is 51.4 Å². The van der Waals surface area contributed by atoms with Crippen LogP contribution in [0.4, 0.5) is 26.3 Å². The lowest BCUT2D eigenvalue weighted by molar-refractivity contribution is -0.346. The van der Waals surface area contributed by atoms with E-state index in [9.17, 15) is 26.3 Å². The van der Waals surface area contributed by atoms with Crippen LogP contribution in [0, 0.1) is 36.5 Å². The number of ether oxygens (including phenoxy) is 2. The van der Waals surface area contributed by atoms with Crippen LogP contribution in [0.25, 0.3) is 0 Å². The molecule has 2 saturated carbocycles. The molecule has 0 saturated heterocycles. The predicted octanol–water partition coefficient (Wildman–Crippen LogP) is 5.43. The van der Waals surface area contributed by atoms with E-state index >= 15 is 0 Å². The first kappa shape index (κ1) is 22.7. The molecule has 2 nitrogen and oxygen atoms in total. The molecule has 0 atom stereocenters. The maximum Gasteiger partial charge on any atom is 0.522 e. The second-order valence-electron chi connectivity index (χ2n) is 6.41. The summed E-state index contributed by atoms with van der Waals surface area (Å²) in [4.78, 5) is 0. The quantitative estimate of drug-likeness (QED) is 0.467. The molecule has 0 bridgehead atoms. The number of terminal acetylenes is 2. The van der Waals surface area contributed by atoms with Gasteiger partial charge in [0.1, 0.15) is 0 Å². The Labute approximate surface area is 149 Å². The van der Waals surface area contributed by atoms with E-state index in [4.69, 9.17) is 12.8 Å². The molecule has 0 radical (unpaired) electrons. The van der Waals surface area contributed by atoms with Crippen molar-refractivity contribution in [3.05, 3.63) is 0 Å². The summed E-state index contributed by atoms with van der Waals surface area (Å²) in [5, 5.41) is 0. The van der Waals surface area contributed by atoms with Crippen molar-refractivity contribution < 1.29 is 35.8 Å². The summed E-state index contributed by atoms with van der Waals surface area (Å²) in [6.45, 7) is 0. The molecule has 0 aromatic heterocycles. The van der Waals surface area contributed by atoms with E-state index in [2.05, 4.69) is 21.3 Å². The van der Waals surface area contributed by atoms with E-state index in [0.717, 1.165) is 0 Å². The van der Waals surface area contributed by atoms with Crippen LogP contribution in [0.1, 0.15) is 51.4 Å². The Morgan fingerprint density at radius 2 is 0.846 bits per heavy atom. The molecule has 0 N–H and O–H groups in total. The van der Waals surface area contributed by atoms with Gasteiger partial charge in [0.05, 0.1) is 12.2 Å². The zero-order valence-electron chi connectivity index (χ0n) is 14.2. The Kier molecular flexibility index (Phi) is 8.79. The molecule has 2 aliphatic carbocycles. The van der Waals surface area contributed by atoms with Crippen LogP contribution < -0.4 is 0 Å². The van der Waals surface area contributed by atoms with Gasteiger partial charge in [-0.25, -0.2) is 0 Å². The maximum absolute atomic E-state index is 11.8. The van der Waals surface area contributed by atoms with Gasteiger partial charge in [0.15, 0.2) is 0 Å². The van der Waals surface area contributed by atoms with Crippen molar-refractivity contribution in [1.82, 2.24) is 0 Å². The van der Waals surface area contributed by atoms with E-state index in [0.29, 0.717) is 51.4 Å². The smallest absolute Gasteiger partial charge is 0.289 e. The topological polar surface area (TPSA) is 18.5 Å². The van der Waals surface area contributed by atoms with Gasteiger partial charge in [-0.1, -0.05) is 0 Å². The summed E-state index contributed by atoms with van der Waals surface area (Å²) in [6, 6.07) is 0. The maximum atomic E-state index is 11.8. The van der Waals surface area contributed by atoms with Crippen molar-refractivity contribution in [2.24, 2.45) is 11.8 Å². The van der Waals surface area contributed by atoms with Gasteiger partial charge in [-0.3, -0.25) is 9.47 Å². The molecule has 2 aliphatic rings. The minimum Gasteiger partial charge on any atom is -0.289 e.